The molecular formula is C22H26N6O2. The third-order valence-electron chi connectivity index (χ3n) is 5.09. The van der Waals surface area contributed by atoms with E-state index in [0.29, 0.717) is 23.5 Å². The van der Waals surface area contributed by atoms with E-state index in [1.807, 2.05) is 37.4 Å². The molecule has 0 aliphatic carbocycles. The molecular weight excluding hydrogens is 380 g/mol. The van der Waals surface area contributed by atoms with Crippen LogP contribution in [0.25, 0.3) is 27.8 Å². The first kappa shape index (κ1) is 19.9. The summed E-state index contributed by atoms with van der Waals surface area (Å²) >= 11 is 0. The van der Waals surface area contributed by atoms with E-state index in [9.17, 15) is 4.79 Å². The molecule has 0 aliphatic rings. The Morgan fingerprint density at radius 1 is 1.07 bits per heavy atom. The van der Waals surface area contributed by atoms with Gasteiger partial charge in [0.25, 0.3) is 0 Å². The smallest absolute Gasteiger partial charge is 0.332 e. The molecule has 1 aromatic carbocycles. The molecule has 0 bridgehead atoms. The number of likely N-dealkylation sites (N-methyl/N-ethyl adjacent to an activating group) is 2. The highest BCUT2D eigenvalue weighted by Gasteiger charge is 2.16. The summed E-state index contributed by atoms with van der Waals surface area (Å²) in [5.41, 5.74) is 3.57. The van der Waals surface area contributed by atoms with Crippen LogP contribution >= 0.6 is 0 Å². The number of rotatable bonds is 7. The lowest BCUT2D eigenvalue weighted by molar-refractivity contribution is 0.343. The molecule has 0 spiro atoms. The van der Waals surface area contributed by atoms with E-state index >= 15 is 0 Å². The van der Waals surface area contributed by atoms with Crippen LogP contribution in [0.3, 0.4) is 0 Å². The number of aromatic nitrogens is 4. The summed E-state index contributed by atoms with van der Waals surface area (Å²) in [7, 11) is 6.19. The highest BCUT2D eigenvalue weighted by atomic mass is 16.5. The molecule has 0 fully saturated rings. The number of anilines is 1. The number of pyridine rings is 2. The van der Waals surface area contributed by atoms with Gasteiger partial charge < -0.3 is 14.5 Å². The molecule has 8 heteroatoms. The first-order valence-electron chi connectivity index (χ1n) is 9.97. The number of hydrogen-bond acceptors (Lipinski definition) is 6. The van der Waals surface area contributed by atoms with Gasteiger partial charge in [-0.3, -0.25) is 14.5 Å². The van der Waals surface area contributed by atoms with Gasteiger partial charge in [0.2, 0.25) is 0 Å². The summed E-state index contributed by atoms with van der Waals surface area (Å²) in [6.45, 7) is 4.23. The van der Waals surface area contributed by atoms with E-state index in [1.54, 1.807) is 16.8 Å². The molecule has 0 unspecified atom stereocenters. The van der Waals surface area contributed by atoms with Crippen molar-refractivity contribution in [2.24, 2.45) is 0 Å². The zero-order chi connectivity index (χ0) is 21.3. The van der Waals surface area contributed by atoms with Crippen LogP contribution in [0.5, 0.6) is 5.75 Å². The molecule has 156 valence electrons. The molecule has 0 saturated carbocycles. The Balaban J connectivity index is 1.88. The van der Waals surface area contributed by atoms with Crippen molar-refractivity contribution in [2.45, 2.75) is 6.92 Å². The Labute approximate surface area is 174 Å². The predicted octanol–water partition coefficient (Wildman–Crippen LogP) is 2.66. The number of benzene rings is 1. The van der Waals surface area contributed by atoms with Gasteiger partial charge >= 0.3 is 5.69 Å². The van der Waals surface area contributed by atoms with Crippen LogP contribution in [0.4, 0.5) is 5.69 Å². The van der Waals surface area contributed by atoms with Gasteiger partial charge in [-0.05, 0) is 45.3 Å². The van der Waals surface area contributed by atoms with E-state index in [0.717, 1.165) is 35.4 Å². The van der Waals surface area contributed by atoms with Crippen molar-refractivity contribution in [3.8, 4) is 11.4 Å². The Hall–Kier alpha value is -3.39. The van der Waals surface area contributed by atoms with Gasteiger partial charge in [-0.25, -0.2) is 9.78 Å². The topological polar surface area (TPSA) is 79.3 Å². The summed E-state index contributed by atoms with van der Waals surface area (Å²) in [6.07, 6.45) is 3.45. The van der Waals surface area contributed by atoms with Crippen LogP contribution in [0.15, 0.2) is 47.5 Å². The van der Waals surface area contributed by atoms with Crippen LogP contribution in [-0.2, 0) is 0 Å². The largest absolute Gasteiger partial charge is 0.491 e. The first-order valence-corrected chi connectivity index (χ1v) is 9.97. The molecule has 3 heterocycles. The lowest BCUT2D eigenvalue weighted by atomic mass is 10.1. The lowest BCUT2D eigenvalue weighted by Crippen LogP contribution is -2.28. The second kappa shape index (κ2) is 8.16. The predicted molar refractivity (Wildman–Crippen MR) is 120 cm³/mol. The van der Waals surface area contributed by atoms with Gasteiger partial charge in [-0.15, -0.1) is 0 Å². The zero-order valence-electron chi connectivity index (χ0n) is 17.7. The van der Waals surface area contributed by atoms with Gasteiger partial charge in [-0.1, -0.05) is 0 Å². The molecule has 0 amide bonds. The van der Waals surface area contributed by atoms with Gasteiger partial charge in [0.05, 0.1) is 17.8 Å². The normalized spacial score (nSPS) is 11.5. The van der Waals surface area contributed by atoms with Crippen molar-refractivity contribution in [2.75, 3.05) is 45.7 Å². The SMILES string of the molecule is CCOc1ccnc2[nH]c(=O)n(-c3ccc4nccc(N(C)CCN(C)C)c4c3)c12. The summed E-state index contributed by atoms with van der Waals surface area (Å²) in [5.74, 6) is 0.621. The maximum absolute atomic E-state index is 12.8. The van der Waals surface area contributed by atoms with Crippen LogP contribution in [0, 0.1) is 0 Å². The second-order valence-electron chi connectivity index (χ2n) is 7.46. The highest BCUT2D eigenvalue weighted by molar-refractivity contribution is 5.93. The fraction of sp³-hybridized carbons (Fsp3) is 0.318. The van der Waals surface area contributed by atoms with E-state index < -0.39 is 0 Å². The quantitative estimate of drug-likeness (QED) is 0.508. The lowest BCUT2D eigenvalue weighted by Gasteiger charge is -2.23. The summed E-state index contributed by atoms with van der Waals surface area (Å²) < 4.78 is 7.37. The Morgan fingerprint density at radius 2 is 1.87 bits per heavy atom. The fourth-order valence-electron chi connectivity index (χ4n) is 3.58. The maximum Gasteiger partial charge on any atom is 0.332 e. The van der Waals surface area contributed by atoms with Crippen LogP contribution in [0.1, 0.15) is 6.92 Å². The summed E-state index contributed by atoms with van der Waals surface area (Å²) in [4.78, 5) is 28.8. The molecule has 0 aliphatic heterocycles. The van der Waals surface area contributed by atoms with Crippen molar-refractivity contribution >= 4 is 27.8 Å². The zero-order valence-corrected chi connectivity index (χ0v) is 17.7. The molecule has 30 heavy (non-hydrogen) atoms. The molecule has 1 N–H and O–H groups in total. The first-order chi connectivity index (χ1) is 14.5. The molecule has 0 saturated heterocycles. The highest BCUT2D eigenvalue weighted by Crippen LogP contribution is 2.29. The van der Waals surface area contributed by atoms with Gasteiger partial charge in [-0.2, -0.15) is 0 Å². The number of aromatic amines is 1. The number of H-pyrrole nitrogens is 1. The van der Waals surface area contributed by atoms with Crippen molar-refractivity contribution in [3.63, 3.8) is 0 Å². The Bertz CT molecular complexity index is 1240. The molecule has 8 nitrogen and oxygen atoms in total. The van der Waals surface area contributed by atoms with Crippen LogP contribution in [0.2, 0.25) is 0 Å². The van der Waals surface area contributed by atoms with Crippen LogP contribution in [-0.4, -0.2) is 65.3 Å². The molecule has 4 rings (SSSR count). The van der Waals surface area contributed by atoms with Crippen molar-refractivity contribution in [3.05, 3.63) is 53.2 Å². The van der Waals surface area contributed by atoms with Crippen LogP contribution < -0.4 is 15.3 Å². The number of imidazole rings is 1. The average Bonchev–Trinajstić information content (AvgIpc) is 3.08. The number of hydrogen-bond donors (Lipinski definition) is 1. The number of fused-ring (bicyclic) bond motifs is 2. The minimum absolute atomic E-state index is 0.254. The molecule has 4 aromatic rings. The number of ether oxygens (including phenoxy) is 1. The molecule has 0 radical (unpaired) electrons. The maximum atomic E-state index is 12.8. The van der Waals surface area contributed by atoms with Gasteiger partial charge in [0.15, 0.2) is 5.65 Å². The Kier molecular flexibility index (Phi) is 5.41. The third kappa shape index (κ3) is 3.61. The Morgan fingerprint density at radius 3 is 2.63 bits per heavy atom. The summed E-state index contributed by atoms with van der Waals surface area (Å²) in [6, 6.07) is 9.62. The number of nitrogens with zero attached hydrogens (tertiary/aromatic N) is 5. The standard InChI is InChI=1S/C22H26N6O2/c1-5-30-19-9-11-24-21-20(19)28(22(29)25-21)15-6-7-17-16(14-15)18(8-10-23-17)27(4)13-12-26(2)3/h6-11,14H,5,12-13H2,1-4H3,(H,24,25,29). The monoisotopic (exact) mass is 406 g/mol. The fourth-order valence-corrected chi connectivity index (χ4v) is 3.58. The third-order valence-corrected chi connectivity index (χ3v) is 5.09. The number of nitrogens with one attached hydrogen (secondary N) is 1. The van der Waals surface area contributed by atoms with Crippen molar-refractivity contribution < 1.29 is 4.74 Å². The van der Waals surface area contributed by atoms with Gasteiger partial charge in [0, 0.05) is 49.7 Å². The van der Waals surface area contributed by atoms with E-state index in [1.165, 1.54) is 0 Å². The van der Waals surface area contributed by atoms with Crippen molar-refractivity contribution in [1.82, 2.24) is 24.4 Å². The van der Waals surface area contributed by atoms with Gasteiger partial charge in [0.1, 0.15) is 11.3 Å². The van der Waals surface area contributed by atoms with E-state index in [4.69, 9.17) is 4.74 Å². The summed E-state index contributed by atoms with van der Waals surface area (Å²) in [5, 5.41) is 0.986. The average molecular weight is 406 g/mol. The second-order valence-corrected chi connectivity index (χ2v) is 7.46. The molecule has 3 aromatic heterocycles. The minimum atomic E-state index is -0.254. The van der Waals surface area contributed by atoms with E-state index in [2.05, 4.69) is 45.9 Å². The van der Waals surface area contributed by atoms with Crippen molar-refractivity contribution in [1.29, 1.82) is 0 Å². The van der Waals surface area contributed by atoms with E-state index in [-0.39, 0.29) is 5.69 Å². The minimum Gasteiger partial charge on any atom is -0.491 e. The molecule has 0 atom stereocenters.